The van der Waals surface area contributed by atoms with Gasteiger partial charge in [0.2, 0.25) is 0 Å². The zero-order chi connectivity index (χ0) is 11.5. The molecule has 0 unspecified atom stereocenters. The molecule has 0 radical (unpaired) electrons. The fraction of sp³-hybridized carbons (Fsp3) is 0.462. The number of fused-ring (bicyclic) bond motifs is 1. The lowest BCUT2D eigenvalue weighted by atomic mass is 9.87. The molecule has 0 saturated heterocycles. The smallest absolute Gasteiger partial charge is 0.0488 e. The maximum atomic E-state index is 4.14. The number of hydrogen-bond acceptors (Lipinski definition) is 1. The second-order valence-electron chi connectivity index (χ2n) is 4.37. The van der Waals surface area contributed by atoms with Gasteiger partial charge >= 0.3 is 0 Å². The molecule has 0 atom stereocenters. The van der Waals surface area contributed by atoms with Crippen molar-refractivity contribution < 1.29 is 0 Å². The van der Waals surface area contributed by atoms with Crippen molar-refractivity contribution in [2.75, 3.05) is 0 Å². The topological polar surface area (TPSA) is 28.7 Å². The van der Waals surface area contributed by atoms with Crippen LogP contribution in [-0.4, -0.2) is 9.97 Å². The van der Waals surface area contributed by atoms with E-state index in [2.05, 4.69) is 36.9 Å². The summed E-state index contributed by atoms with van der Waals surface area (Å²) < 4.78 is 0. The van der Waals surface area contributed by atoms with E-state index < -0.39 is 0 Å². The second-order valence-corrected chi connectivity index (χ2v) is 4.37. The molecule has 0 saturated carbocycles. The summed E-state index contributed by atoms with van der Waals surface area (Å²) in [5.41, 5.74) is 2.68. The largest absolute Gasteiger partial charge is 0.361 e. The molecule has 0 bridgehead atoms. The standard InChI is InChI=1S/C11H14N2.C2H6/c1-11(2,3)9-7-13-10-4-5-12-6-8(9)10;1-2/h4-7,13H,1-3H3;1-2H3. The van der Waals surface area contributed by atoms with Crippen molar-refractivity contribution in [3.8, 4) is 0 Å². The summed E-state index contributed by atoms with van der Waals surface area (Å²) in [5.74, 6) is 0. The minimum atomic E-state index is 0.182. The molecule has 0 aromatic carbocycles. The molecule has 0 fully saturated rings. The van der Waals surface area contributed by atoms with E-state index in [9.17, 15) is 0 Å². The Morgan fingerprint density at radius 2 is 1.87 bits per heavy atom. The Morgan fingerprint density at radius 1 is 1.20 bits per heavy atom. The van der Waals surface area contributed by atoms with Gasteiger partial charge in [0.1, 0.15) is 0 Å². The highest BCUT2D eigenvalue weighted by Gasteiger charge is 2.17. The molecule has 0 aliphatic carbocycles. The Bertz CT molecular complexity index is 421. The number of nitrogens with one attached hydrogen (secondary N) is 1. The Kier molecular flexibility index (Phi) is 3.51. The first-order valence-electron chi connectivity index (χ1n) is 5.50. The van der Waals surface area contributed by atoms with E-state index in [0.717, 1.165) is 0 Å². The first-order chi connectivity index (χ1) is 7.09. The molecule has 2 aromatic rings. The molecule has 2 heteroatoms. The average Bonchev–Trinajstić information content (AvgIpc) is 2.63. The third-order valence-corrected chi connectivity index (χ3v) is 2.29. The van der Waals surface area contributed by atoms with Gasteiger partial charge in [-0.1, -0.05) is 34.6 Å². The number of pyridine rings is 1. The van der Waals surface area contributed by atoms with Crippen LogP contribution in [0.1, 0.15) is 40.2 Å². The Morgan fingerprint density at radius 3 is 2.47 bits per heavy atom. The number of aromatic amines is 1. The van der Waals surface area contributed by atoms with E-state index in [1.165, 1.54) is 16.5 Å². The summed E-state index contributed by atoms with van der Waals surface area (Å²) in [7, 11) is 0. The van der Waals surface area contributed by atoms with E-state index in [4.69, 9.17) is 0 Å². The fourth-order valence-electron chi connectivity index (χ4n) is 1.58. The Hall–Kier alpha value is -1.31. The molecule has 2 heterocycles. The molecule has 2 aromatic heterocycles. The summed E-state index contributed by atoms with van der Waals surface area (Å²) in [6.45, 7) is 10.6. The van der Waals surface area contributed by atoms with E-state index in [0.29, 0.717) is 0 Å². The summed E-state index contributed by atoms with van der Waals surface area (Å²) in [4.78, 5) is 7.39. The van der Waals surface area contributed by atoms with Crippen LogP contribution in [0.4, 0.5) is 0 Å². The molecule has 2 rings (SSSR count). The van der Waals surface area contributed by atoms with Crippen LogP contribution in [0.3, 0.4) is 0 Å². The minimum Gasteiger partial charge on any atom is -0.361 e. The normalized spacial score (nSPS) is 11.0. The lowest BCUT2D eigenvalue weighted by Crippen LogP contribution is -2.09. The van der Waals surface area contributed by atoms with Crippen LogP contribution in [0, 0.1) is 0 Å². The maximum Gasteiger partial charge on any atom is 0.0488 e. The van der Waals surface area contributed by atoms with Crippen LogP contribution in [0.25, 0.3) is 10.9 Å². The van der Waals surface area contributed by atoms with Gasteiger partial charge in [-0.3, -0.25) is 4.98 Å². The van der Waals surface area contributed by atoms with Gasteiger partial charge in [0, 0.05) is 29.5 Å². The van der Waals surface area contributed by atoms with Gasteiger partial charge in [-0.2, -0.15) is 0 Å². The van der Waals surface area contributed by atoms with Gasteiger partial charge in [-0.25, -0.2) is 0 Å². The molecule has 1 N–H and O–H groups in total. The Labute approximate surface area is 91.7 Å². The third kappa shape index (κ3) is 2.38. The van der Waals surface area contributed by atoms with Crippen LogP contribution < -0.4 is 0 Å². The van der Waals surface area contributed by atoms with Crippen molar-refractivity contribution in [3.63, 3.8) is 0 Å². The van der Waals surface area contributed by atoms with Gasteiger partial charge in [0.05, 0.1) is 0 Å². The van der Waals surface area contributed by atoms with Crippen LogP contribution in [-0.2, 0) is 5.41 Å². The van der Waals surface area contributed by atoms with Crippen LogP contribution in [0.2, 0.25) is 0 Å². The monoisotopic (exact) mass is 204 g/mol. The molecule has 0 aliphatic heterocycles. The zero-order valence-corrected chi connectivity index (χ0v) is 10.3. The first-order valence-corrected chi connectivity index (χ1v) is 5.50. The van der Waals surface area contributed by atoms with Crippen molar-refractivity contribution in [1.29, 1.82) is 0 Å². The molecule has 0 spiro atoms. The van der Waals surface area contributed by atoms with Gasteiger partial charge in [-0.15, -0.1) is 0 Å². The highest BCUT2D eigenvalue weighted by atomic mass is 14.7. The summed E-state index contributed by atoms with van der Waals surface area (Å²) in [6, 6.07) is 2.00. The van der Waals surface area contributed by atoms with Crippen molar-refractivity contribution >= 4 is 10.9 Å². The molecule has 0 aliphatic rings. The number of nitrogens with zero attached hydrogens (tertiary/aromatic N) is 1. The van der Waals surface area contributed by atoms with E-state index in [1.54, 1.807) is 0 Å². The predicted octanol–water partition coefficient (Wildman–Crippen LogP) is 3.89. The Balaban J connectivity index is 0.000000531. The van der Waals surface area contributed by atoms with Crippen molar-refractivity contribution in [3.05, 3.63) is 30.2 Å². The van der Waals surface area contributed by atoms with Crippen molar-refractivity contribution in [2.24, 2.45) is 0 Å². The molecule has 15 heavy (non-hydrogen) atoms. The first kappa shape index (κ1) is 11.8. The average molecular weight is 204 g/mol. The van der Waals surface area contributed by atoms with Crippen LogP contribution in [0.15, 0.2) is 24.7 Å². The maximum absolute atomic E-state index is 4.14. The molecular formula is C13H20N2. The van der Waals surface area contributed by atoms with Crippen molar-refractivity contribution in [1.82, 2.24) is 9.97 Å². The molecule has 82 valence electrons. The summed E-state index contributed by atoms with van der Waals surface area (Å²) >= 11 is 0. The summed E-state index contributed by atoms with van der Waals surface area (Å²) in [5, 5.41) is 1.23. The van der Waals surface area contributed by atoms with Gasteiger partial charge < -0.3 is 4.98 Å². The number of hydrogen-bond donors (Lipinski definition) is 1. The van der Waals surface area contributed by atoms with Gasteiger partial charge in [-0.05, 0) is 17.0 Å². The molecule has 2 nitrogen and oxygen atoms in total. The highest BCUT2D eigenvalue weighted by Crippen LogP contribution is 2.28. The lowest BCUT2D eigenvalue weighted by molar-refractivity contribution is 0.595. The molecular weight excluding hydrogens is 184 g/mol. The minimum absolute atomic E-state index is 0.182. The summed E-state index contributed by atoms with van der Waals surface area (Å²) in [6.07, 6.45) is 5.81. The molecule has 0 amide bonds. The quantitative estimate of drug-likeness (QED) is 0.693. The van der Waals surface area contributed by atoms with Crippen molar-refractivity contribution in [2.45, 2.75) is 40.0 Å². The fourth-order valence-corrected chi connectivity index (χ4v) is 1.58. The SMILES string of the molecule is CC.CC(C)(C)c1c[nH]c2ccncc12. The number of H-pyrrole nitrogens is 1. The highest BCUT2D eigenvalue weighted by molar-refractivity contribution is 5.83. The second kappa shape index (κ2) is 4.47. The predicted molar refractivity (Wildman–Crippen MR) is 66.1 cm³/mol. The van der Waals surface area contributed by atoms with E-state index >= 15 is 0 Å². The van der Waals surface area contributed by atoms with E-state index in [-0.39, 0.29) is 5.41 Å². The zero-order valence-electron chi connectivity index (χ0n) is 10.3. The van der Waals surface area contributed by atoms with Crippen LogP contribution in [0.5, 0.6) is 0 Å². The lowest BCUT2D eigenvalue weighted by Gasteiger charge is -2.16. The number of aromatic nitrogens is 2. The third-order valence-electron chi connectivity index (χ3n) is 2.29. The van der Waals surface area contributed by atoms with Gasteiger partial charge in [0.15, 0.2) is 0 Å². The van der Waals surface area contributed by atoms with Gasteiger partial charge in [0.25, 0.3) is 0 Å². The van der Waals surface area contributed by atoms with E-state index in [1.807, 2.05) is 32.3 Å². The van der Waals surface area contributed by atoms with Crippen LogP contribution >= 0.6 is 0 Å². The number of rotatable bonds is 0.